The molecule has 0 radical (unpaired) electrons. The molecule has 3 N–H and O–H groups in total. The first-order valence-corrected chi connectivity index (χ1v) is 7.40. The Morgan fingerprint density at radius 3 is 2.50 bits per heavy atom. The molecule has 0 fully saturated rings. The van der Waals surface area contributed by atoms with Crippen molar-refractivity contribution in [1.82, 2.24) is 5.32 Å². The molecule has 1 atom stereocenters. The number of carbonyl (C=O) groups is 2. The number of carbonyl (C=O) groups excluding carboxylic acids is 1. The Bertz CT molecular complexity index is 452. The Morgan fingerprint density at radius 2 is 1.95 bits per heavy atom. The molecule has 1 aromatic carbocycles. The van der Waals surface area contributed by atoms with Crippen molar-refractivity contribution in [2.75, 3.05) is 12.4 Å². The van der Waals surface area contributed by atoms with Gasteiger partial charge in [-0.05, 0) is 24.3 Å². The van der Waals surface area contributed by atoms with Crippen molar-refractivity contribution < 1.29 is 19.8 Å². The van der Waals surface area contributed by atoms with Gasteiger partial charge in [-0.15, -0.1) is 11.8 Å². The molecule has 0 unspecified atom stereocenters. The van der Waals surface area contributed by atoms with Crippen LogP contribution in [0.25, 0.3) is 0 Å². The molecule has 20 heavy (non-hydrogen) atoms. The average Bonchev–Trinajstić information content (AvgIpc) is 2.40. The molecule has 7 heteroatoms. The molecular weight excluding hydrogens is 302 g/mol. The van der Waals surface area contributed by atoms with Crippen molar-refractivity contribution in [3.8, 4) is 0 Å². The third kappa shape index (κ3) is 6.27. The van der Waals surface area contributed by atoms with E-state index < -0.39 is 12.0 Å². The smallest absolute Gasteiger partial charge is 0.326 e. The van der Waals surface area contributed by atoms with Gasteiger partial charge in [0.15, 0.2) is 0 Å². The van der Waals surface area contributed by atoms with E-state index in [0.29, 0.717) is 10.8 Å². The van der Waals surface area contributed by atoms with E-state index in [-0.39, 0.29) is 25.4 Å². The van der Waals surface area contributed by atoms with E-state index in [4.69, 9.17) is 21.8 Å². The highest BCUT2D eigenvalue weighted by Crippen LogP contribution is 2.20. The summed E-state index contributed by atoms with van der Waals surface area (Å²) in [5.74, 6) is -0.941. The predicted octanol–water partition coefficient (Wildman–Crippen LogP) is 1.77. The molecule has 1 amide bonds. The fourth-order valence-corrected chi connectivity index (χ4v) is 2.42. The zero-order valence-electron chi connectivity index (χ0n) is 10.7. The topological polar surface area (TPSA) is 86.6 Å². The number of rotatable bonds is 8. The summed E-state index contributed by atoms with van der Waals surface area (Å²) in [5.41, 5.74) is 0. The van der Waals surface area contributed by atoms with Crippen LogP contribution in [-0.4, -0.2) is 40.5 Å². The zero-order valence-corrected chi connectivity index (χ0v) is 12.3. The van der Waals surface area contributed by atoms with Crippen LogP contribution in [0.15, 0.2) is 29.2 Å². The fraction of sp³-hybridized carbons (Fsp3) is 0.385. The lowest BCUT2D eigenvalue weighted by Crippen LogP contribution is -2.41. The summed E-state index contributed by atoms with van der Waals surface area (Å²) in [6.07, 6.45) is 0.216. The number of halogens is 1. The summed E-state index contributed by atoms with van der Waals surface area (Å²) in [4.78, 5) is 23.4. The Kier molecular flexibility index (Phi) is 7.43. The highest BCUT2D eigenvalue weighted by atomic mass is 35.5. The molecule has 0 spiro atoms. The second-order valence-corrected chi connectivity index (χ2v) is 5.63. The van der Waals surface area contributed by atoms with E-state index in [0.717, 1.165) is 4.90 Å². The van der Waals surface area contributed by atoms with E-state index in [1.807, 2.05) is 12.1 Å². The molecule has 1 rings (SSSR count). The predicted molar refractivity (Wildman–Crippen MR) is 78.1 cm³/mol. The van der Waals surface area contributed by atoms with Crippen LogP contribution in [0.3, 0.4) is 0 Å². The number of aliphatic hydroxyl groups excluding tert-OH is 1. The van der Waals surface area contributed by atoms with Gasteiger partial charge in [0.05, 0.1) is 0 Å². The van der Waals surface area contributed by atoms with Crippen LogP contribution in [0, 0.1) is 0 Å². The first-order valence-electron chi connectivity index (χ1n) is 6.04. The quantitative estimate of drug-likeness (QED) is 0.636. The molecule has 0 saturated heterocycles. The van der Waals surface area contributed by atoms with Gasteiger partial charge in [-0.3, -0.25) is 4.79 Å². The second kappa shape index (κ2) is 8.84. The molecule has 0 saturated carbocycles. The second-order valence-electron chi connectivity index (χ2n) is 4.02. The third-order valence-electron chi connectivity index (χ3n) is 2.46. The number of benzene rings is 1. The lowest BCUT2D eigenvalue weighted by atomic mass is 10.2. The Balaban J connectivity index is 2.32. The molecule has 0 aliphatic carbocycles. The van der Waals surface area contributed by atoms with Gasteiger partial charge in [-0.2, -0.15) is 0 Å². The van der Waals surface area contributed by atoms with Gasteiger partial charge in [-0.25, -0.2) is 4.79 Å². The monoisotopic (exact) mass is 317 g/mol. The van der Waals surface area contributed by atoms with Crippen molar-refractivity contribution in [2.24, 2.45) is 0 Å². The van der Waals surface area contributed by atoms with Crippen LogP contribution in [0.5, 0.6) is 0 Å². The Morgan fingerprint density at radius 1 is 1.30 bits per heavy atom. The number of thioether (sulfide) groups is 1. The minimum Gasteiger partial charge on any atom is -0.480 e. The summed E-state index contributed by atoms with van der Waals surface area (Å²) in [6, 6.07) is 6.22. The van der Waals surface area contributed by atoms with Gasteiger partial charge in [0.2, 0.25) is 5.91 Å². The average molecular weight is 318 g/mol. The fourth-order valence-electron chi connectivity index (χ4n) is 1.45. The number of carboxylic acid groups (broad SMARTS) is 1. The van der Waals surface area contributed by atoms with Gasteiger partial charge in [0.25, 0.3) is 0 Å². The Hall–Kier alpha value is -1.24. The number of nitrogens with one attached hydrogen (secondary N) is 1. The summed E-state index contributed by atoms with van der Waals surface area (Å²) in [5, 5.41) is 20.6. The highest BCUT2D eigenvalue weighted by Gasteiger charge is 2.18. The van der Waals surface area contributed by atoms with E-state index in [1.54, 1.807) is 12.1 Å². The molecule has 0 aromatic heterocycles. The van der Waals surface area contributed by atoms with E-state index in [2.05, 4.69) is 5.32 Å². The van der Waals surface area contributed by atoms with Crippen LogP contribution in [-0.2, 0) is 9.59 Å². The van der Waals surface area contributed by atoms with Crippen molar-refractivity contribution in [2.45, 2.75) is 23.8 Å². The molecule has 5 nitrogen and oxygen atoms in total. The highest BCUT2D eigenvalue weighted by molar-refractivity contribution is 7.99. The molecule has 0 bridgehead atoms. The number of hydrogen-bond donors (Lipinski definition) is 3. The lowest BCUT2D eigenvalue weighted by molar-refractivity contribution is -0.142. The molecule has 0 aliphatic rings. The van der Waals surface area contributed by atoms with Crippen molar-refractivity contribution >= 4 is 35.2 Å². The molecule has 1 aromatic rings. The number of carboxylic acids is 1. The first-order chi connectivity index (χ1) is 9.52. The maximum atomic E-state index is 11.6. The van der Waals surface area contributed by atoms with Crippen LogP contribution in [0.4, 0.5) is 0 Å². The van der Waals surface area contributed by atoms with Crippen LogP contribution >= 0.6 is 23.4 Å². The molecular formula is C13H16ClNO4S. The first kappa shape index (κ1) is 16.8. The van der Waals surface area contributed by atoms with Gasteiger partial charge >= 0.3 is 5.97 Å². The van der Waals surface area contributed by atoms with Crippen LogP contribution in [0.1, 0.15) is 12.8 Å². The minimum atomic E-state index is -1.14. The SMILES string of the molecule is O=C(CCSc1ccc(Cl)cc1)N[C@H](CCO)C(=O)O. The summed E-state index contributed by atoms with van der Waals surface area (Å²) < 4.78 is 0. The van der Waals surface area contributed by atoms with Gasteiger partial charge in [0.1, 0.15) is 6.04 Å². The maximum Gasteiger partial charge on any atom is 0.326 e. The summed E-state index contributed by atoms with van der Waals surface area (Å²) in [6.45, 7) is -0.281. The van der Waals surface area contributed by atoms with Gasteiger partial charge < -0.3 is 15.5 Å². The van der Waals surface area contributed by atoms with Gasteiger partial charge in [-0.1, -0.05) is 11.6 Å². The number of amides is 1. The van der Waals surface area contributed by atoms with Crippen molar-refractivity contribution in [1.29, 1.82) is 0 Å². The number of aliphatic carboxylic acids is 1. The Labute approximate surface area is 126 Å². The van der Waals surface area contributed by atoms with Gasteiger partial charge in [0, 0.05) is 35.1 Å². The third-order valence-corrected chi connectivity index (χ3v) is 3.73. The van der Waals surface area contributed by atoms with E-state index >= 15 is 0 Å². The lowest BCUT2D eigenvalue weighted by Gasteiger charge is -2.12. The van der Waals surface area contributed by atoms with Crippen molar-refractivity contribution in [3.05, 3.63) is 29.3 Å². The zero-order chi connectivity index (χ0) is 15.0. The summed E-state index contributed by atoms with van der Waals surface area (Å²) >= 11 is 7.25. The molecule has 0 heterocycles. The maximum absolute atomic E-state index is 11.6. The number of hydrogen-bond acceptors (Lipinski definition) is 4. The largest absolute Gasteiger partial charge is 0.480 e. The minimum absolute atomic E-state index is 0.00536. The molecule has 110 valence electrons. The summed E-state index contributed by atoms with van der Waals surface area (Å²) in [7, 11) is 0. The number of aliphatic hydroxyl groups is 1. The van der Waals surface area contributed by atoms with Crippen molar-refractivity contribution in [3.63, 3.8) is 0 Å². The van der Waals surface area contributed by atoms with Crippen LogP contribution < -0.4 is 5.32 Å². The normalized spacial score (nSPS) is 11.9. The van der Waals surface area contributed by atoms with Crippen LogP contribution in [0.2, 0.25) is 5.02 Å². The molecule has 0 aliphatic heterocycles. The standard InChI is InChI=1S/C13H16ClNO4S/c14-9-1-3-10(4-2-9)20-8-6-12(17)15-11(5-7-16)13(18)19/h1-4,11,16H,5-8H2,(H,15,17)(H,18,19)/t11-/m1/s1. The van der Waals surface area contributed by atoms with E-state index in [9.17, 15) is 9.59 Å². The van der Waals surface area contributed by atoms with E-state index in [1.165, 1.54) is 11.8 Å².